The maximum atomic E-state index is 14.0. The van der Waals surface area contributed by atoms with Crippen LogP contribution in [0.1, 0.15) is 74.4 Å². The SMILES string of the molecule is CC(C)C[C@@]1(C(=O)O)C[C@H](C(N)=O)[C@H](c2nccs2)N1C(=O)c1ccc(C(C)(C)C)c(Cl)c1. The molecule has 178 valence electrons. The second-order valence-electron chi connectivity index (χ2n) is 10.1. The summed E-state index contributed by atoms with van der Waals surface area (Å²) in [4.78, 5) is 44.8. The minimum Gasteiger partial charge on any atom is -0.479 e. The largest absolute Gasteiger partial charge is 0.479 e. The summed E-state index contributed by atoms with van der Waals surface area (Å²) in [7, 11) is 0. The number of rotatable bonds is 6. The zero-order valence-electron chi connectivity index (χ0n) is 19.5. The zero-order valence-corrected chi connectivity index (χ0v) is 21.0. The summed E-state index contributed by atoms with van der Waals surface area (Å²) in [5.41, 5.74) is 5.03. The Morgan fingerprint density at radius 3 is 2.45 bits per heavy atom. The molecular formula is C24H30ClN3O4S. The molecule has 1 aliphatic heterocycles. The summed E-state index contributed by atoms with van der Waals surface area (Å²) in [6, 6.07) is 4.16. The molecule has 1 aliphatic rings. The fourth-order valence-corrected chi connectivity index (χ4v) is 6.05. The van der Waals surface area contributed by atoms with E-state index < -0.39 is 35.3 Å². The van der Waals surface area contributed by atoms with Gasteiger partial charge in [-0.05, 0) is 41.9 Å². The first kappa shape index (κ1) is 25.2. The monoisotopic (exact) mass is 491 g/mol. The highest BCUT2D eigenvalue weighted by Crippen LogP contribution is 2.51. The first-order valence-corrected chi connectivity index (χ1v) is 12.1. The molecule has 0 unspecified atom stereocenters. The predicted molar refractivity (Wildman–Crippen MR) is 128 cm³/mol. The van der Waals surface area contributed by atoms with Gasteiger partial charge >= 0.3 is 5.97 Å². The molecule has 1 aromatic carbocycles. The molecule has 2 heterocycles. The van der Waals surface area contributed by atoms with E-state index in [0.29, 0.717) is 10.0 Å². The molecule has 0 bridgehead atoms. The molecule has 0 radical (unpaired) electrons. The number of carboxylic acid groups (broad SMARTS) is 1. The Hall–Kier alpha value is -2.45. The van der Waals surface area contributed by atoms with E-state index in [1.54, 1.807) is 29.8 Å². The smallest absolute Gasteiger partial charge is 0.329 e. The van der Waals surface area contributed by atoms with Crippen molar-refractivity contribution in [3.63, 3.8) is 0 Å². The Morgan fingerprint density at radius 2 is 2.00 bits per heavy atom. The summed E-state index contributed by atoms with van der Waals surface area (Å²) in [5, 5.41) is 13.0. The van der Waals surface area contributed by atoms with E-state index in [1.165, 1.54) is 16.2 Å². The highest BCUT2D eigenvalue weighted by atomic mass is 35.5. The Labute approximate surface area is 202 Å². The number of carbonyl (C=O) groups is 3. The van der Waals surface area contributed by atoms with Gasteiger partial charge in [0.15, 0.2) is 0 Å². The molecule has 1 aromatic heterocycles. The van der Waals surface area contributed by atoms with Crippen LogP contribution >= 0.6 is 22.9 Å². The average molecular weight is 492 g/mol. The lowest BCUT2D eigenvalue weighted by atomic mass is 9.83. The van der Waals surface area contributed by atoms with Crippen LogP contribution in [0.5, 0.6) is 0 Å². The lowest BCUT2D eigenvalue weighted by molar-refractivity contribution is -0.150. The Balaban J connectivity index is 2.21. The number of hydrogen-bond donors (Lipinski definition) is 2. The molecule has 3 rings (SSSR count). The highest BCUT2D eigenvalue weighted by Gasteiger charge is 2.61. The van der Waals surface area contributed by atoms with Crippen molar-refractivity contribution in [3.8, 4) is 0 Å². The van der Waals surface area contributed by atoms with Crippen molar-refractivity contribution >= 4 is 40.7 Å². The number of carboxylic acids is 1. The second-order valence-corrected chi connectivity index (χ2v) is 11.4. The summed E-state index contributed by atoms with van der Waals surface area (Å²) < 4.78 is 0. The van der Waals surface area contributed by atoms with Crippen LogP contribution < -0.4 is 5.73 Å². The van der Waals surface area contributed by atoms with Crippen LogP contribution in [-0.2, 0) is 15.0 Å². The van der Waals surface area contributed by atoms with Crippen molar-refractivity contribution in [2.75, 3.05) is 0 Å². The van der Waals surface area contributed by atoms with Gasteiger partial charge in [0.1, 0.15) is 10.5 Å². The van der Waals surface area contributed by atoms with Crippen LogP contribution in [0.4, 0.5) is 0 Å². The summed E-state index contributed by atoms with van der Waals surface area (Å²) in [6.45, 7) is 9.83. The Kier molecular flexibility index (Phi) is 6.92. The van der Waals surface area contributed by atoms with Crippen LogP contribution in [0.3, 0.4) is 0 Å². The average Bonchev–Trinajstić information content (AvgIpc) is 3.32. The number of nitrogens with zero attached hydrogens (tertiary/aromatic N) is 2. The van der Waals surface area contributed by atoms with Gasteiger partial charge in [0.25, 0.3) is 5.91 Å². The van der Waals surface area contributed by atoms with Gasteiger partial charge in [-0.2, -0.15) is 0 Å². The van der Waals surface area contributed by atoms with Crippen LogP contribution in [0.2, 0.25) is 5.02 Å². The number of halogens is 1. The Morgan fingerprint density at radius 1 is 1.33 bits per heavy atom. The normalized spacial score (nSPS) is 23.2. The predicted octanol–water partition coefficient (Wildman–Crippen LogP) is 4.65. The van der Waals surface area contributed by atoms with Gasteiger partial charge in [0.2, 0.25) is 5.91 Å². The molecule has 2 aromatic rings. The van der Waals surface area contributed by atoms with Gasteiger partial charge < -0.3 is 15.7 Å². The standard InChI is InChI=1S/C24H30ClN3O4S/c1-13(2)11-24(22(31)32)12-15(19(26)29)18(20-27-8-9-33-20)28(24)21(30)14-6-7-16(17(25)10-14)23(3,4)5/h6-10,13,15,18H,11-12H2,1-5H3,(H2,26,29)(H,31,32)/t15-,18+,24-/m0/s1. The molecule has 0 aliphatic carbocycles. The number of aromatic nitrogens is 1. The lowest BCUT2D eigenvalue weighted by Gasteiger charge is -2.38. The van der Waals surface area contributed by atoms with E-state index in [4.69, 9.17) is 17.3 Å². The van der Waals surface area contributed by atoms with Crippen molar-refractivity contribution in [1.29, 1.82) is 0 Å². The van der Waals surface area contributed by atoms with Crippen LogP contribution in [-0.4, -0.2) is 38.3 Å². The maximum absolute atomic E-state index is 14.0. The van der Waals surface area contributed by atoms with Gasteiger partial charge in [-0.1, -0.05) is 52.3 Å². The summed E-state index contributed by atoms with van der Waals surface area (Å²) in [6.07, 6.45) is 1.67. The molecule has 2 amide bonds. The molecule has 0 spiro atoms. The van der Waals surface area contributed by atoms with Crippen LogP contribution in [0.25, 0.3) is 0 Å². The van der Waals surface area contributed by atoms with E-state index in [-0.39, 0.29) is 29.7 Å². The number of nitrogens with two attached hydrogens (primary N) is 1. The van der Waals surface area contributed by atoms with Crippen molar-refractivity contribution in [2.45, 2.75) is 64.5 Å². The fraction of sp³-hybridized carbons (Fsp3) is 0.500. The van der Waals surface area contributed by atoms with Crippen LogP contribution in [0, 0.1) is 11.8 Å². The van der Waals surface area contributed by atoms with Crippen molar-refractivity contribution < 1.29 is 19.5 Å². The minimum absolute atomic E-state index is 0.0492. The first-order chi connectivity index (χ1) is 15.3. The molecule has 1 fully saturated rings. The minimum atomic E-state index is -1.60. The highest BCUT2D eigenvalue weighted by molar-refractivity contribution is 7.09. The van der Waals surface area contributed by atoms with Gasteiger partial charge in [0, 0.05) is 22.2 Å². The number of amides is 2. The number of benzene rings is 1. The molecule has 0 saturated carbocycles. The number of carbonyl (C=O) groups excluding carboxylic acids is 2. The molecule has 9 heteroatoms. The molecule has 1 saturated heterocycles. The first-order valence-electron chi connectivity index (χ1n) is 10.9. The second kappa shape index (κ2) is 9.06. The number of primary amides is 1. The lowest BCUT2D eigenvalue weighted by Crippen LogP contribution is -2.54. The third-order valence-corrected chi connectivity index (χ3v) is 7.29. The van der Waals surface area contributed by atoms with Gasteiger partial charge in [-0.15, -0.1) is 11.3 Å². The third-order valence-electron chi connectivity index (χ3n) is 6.13. The molecule has 33 heavy (non-hydrogen) atoms. The van der Waals surface area contributed by atoms with Crippen LogP contribution in [0.15, 0.2) is 29.8 Å². The molecular weight excluding hydrogens is 462 g/mol. The molecule has 7 nitrogen and oxygen atoms in total. The molecule has 3 atom stereocenters. The van der Waals surface area contributed by atoms with E-state index in [0.717, 1.165) is 5.56 Å². The van der Waals surface area contributed by atoms with E-state index in [9.17, 15) is 19.5 Å². The van der Waals surface area contributed by atoms with Crippen molar-refractivity contribution in [1.82, 2.24) is 9.88 Å². The zero-order chi connectivity index (χ0) is 24.7. The van der Waals surface area contributed by atoms with E-state index in [2.05, 4.69) is 4.98 Å². The van der Waals surface area contributed by atoms with Gasteiger partial charge in [-0.25, -0.2) is 9.78 Å². The van der Waals surface area contributed by atoms with E-state index >= 15 is 0 Å². The number of likely N-dealkylation sites (tertiary alicyclic amines) is 1. The number of hydrogen-bond acceptors (Lipinski definition) is 5. The number of thiazole rings is 1. The maximum Gasteiger partial charge on any atom is 0.329 e. The summed E-state index contributed by atoms with van der Waals surface area (Å²) >= 11 is 7.79. The van der Waals surface area contributed by atoms with Crippen molar-refractivity contribution in [2.24, 2.45) is 17.6 Å². The van der Waals surface area contributed by atoms with E-state index in [1.807, 2.05) is 34.6 Å². The van der Waals surface area contributed by atoms with Gasteiger partial charge in [-0.3, -0.25) is 9.59 Å². The fourth-order valence-electron chi connectivity index (χ4n) is 4.79. The molecule has 3 N–H and O–H groups in total. The quantitative estimate of drug-likeness (QED) is 0.610. The topological polar surface area (TPSA) is 114 Å². The summed E-state index contributed by atoms with van der Waals surface area (Å²) in [5.74, 6) is -3.25. The van der Waals surface area contributed by atoms with Crippen molar-refractivity contribution in [3.05, 3.63) is 50.9 Å². The number of aliphatic carboxylic acids is 1. The Bertz CT molecular complexity index is 1060. The van der Waals surface area contributed by atoms with Gasteiger partial charge in [0.05, 0.1) is 12.0 Å². The third kappa shape index (κ3) is 4.64.